The highest BCUT2D eigenvalue weighted by atomic mass is 16.7. The molecule has 4 rings (SSSR count). The van der Waals surface area contributed by atoms with Gasteiger partial charge in [0.15, 0.2) is 13.2 Å². The summed E-state index contributed by atoms with van der Waals surface area (Å²) in [5, 5.41) is 8.55. The van der Waals surface area contributed by atoms with Gasteiger partial charge in [-0.05, 0) is 36.1 Å². The van der Waals surface area contributed by atoms with Crippen LogP contribution in [-0.2, 0) is 28.5 Å². The Morgan fingerprint density at radius 1 is 0.667 bits per heavy atom. The van der Waals surface area contributed by atoms with Gasteiger partial charge in [-0.3, -0.25) is 4.79 Å². The van der Waals surface area contributed by atoms with E-state index in [1.54, 1.807) is 12.4 Å². The van der Waals surface area contributed by atoms with Gasteiger partial charge in [-0.15, -0.1) is 19.9 Å². The van der Waals surface area contributed by atoms with Gasteiger partial charge in [0.05, 0.1) is 23.8 Å². The SMILES string of the molecule is CC(C)(Cc1ccccc1)c1ccnn1OCC(=O)COn1nccc1C(C)(C)Cc1ccccc1. The number of carbonyl (C=O) groups excluding carboxylic acids is 1. The maximum absolute atomic E-state index is 12.6. The lowest BCUT2D eigenvalue weighted by molar-refractivity contribution is -0.130. The molecule has 2 aromatic carbocycles. The maximum atomic E-state index is 12.6. The highest BCUT2D eigenvalue weighted by Gasteiger charge is 2.28. The second-order valence-electron chi connectivity index (χ2n) is 10.4. The normalized spacial score (nSPS) is 11.9. The maximum Gasteiger partial charge on any atom is 0.213 e. The largest absolute Gasteiger partial charge is 0.388 e. The number of rotatable bonds is 12. The molecule has 0 aliphatic heterocycles. The Hall–Kier alpha value is -3.87. The van der Waals surface area contributed by atoms with Gasteiger partial charge >= 0.3 is 0 Å². The molecule has 188 valence electrons. The molecule has 2 heterocycles. The fourth-order valence-corrected chi connectivity index (χ4v) is 4.46. The first-order chi connectivity index (χ1) is 17.2. The number of ketones is 1. The molecule has 0 amide bonds. The highest BCUT2D eigenvalue weighted by molar-refractivity contribution is 5.80. The van der Waals surface area contributed by atoms with Crippen molar-refractivity contribution < 1.29 is 14.5 Å². The third-order valence-electron chi connectivity index (χ3n) is 6.28. The standard InChI is InChI=1S/C29H34N4O3/c1-28(2,19-23-11-7-5-8-12-23)26-15-17-30-32(26)35-21-25(34)22-36-33-27(16-18-31-33)29(3,4)20-24-13-9-6-10-14-24/h5-18H,19-22H2,1-4H3. The Morgan fingerprint density at radius 2 is 1.06 bits per heavy atom. The minimum atomic E-state index is -0.230. The van der Waals surface area contributed by atoms with Crippen molar-refractivity contribution in [3.8, 4) is 0 Å². The minimum absolute atomic E-state index is 0.153. The van der Waals surface area contributed by atoms with Crippen molar-refractivity contribution in [3.63, 3.8) is 0 Å². The second-order valence-corrected chi connectivity index (χ2v) is 10.4. The number of nitrogens with zero attached hydrogens (tertiary/aromatic N) is 4. The van der Waals surface area contributed by atoms with E-state index >= 15 is 0 Å². The zero-order valence-electron chi connectivity index (χ0n) is 21.4. The quantitative estimate of drug-likeness (QED) is 0.299. The van der Waals surface area contributed by atoms with Gasteiger partial charge in [-0.2, -0.15) is 0 Å². The molecule has 36 heavy (non-hydrogen) atoms. The van der Waals surface area contributed by atoms with Crippen molar-refractivity contribution in [3.05, 3.63) is 108 Å². The number of Topliss-reactive ketones (excluding diaryl/α,β-unsaturated/α-hetero) is 1. The lowest BCUT2D eigenvalue weighted by atomic mass is 9.83. The molecule has 0 spiro atoms. The van der Waals surface area contributed by atoms with Crippen molar-refractivity contribution in [1.82, 2.24) is 19.9 Å². The van der Waals surface area contributed by atoms with Crippen LogP contribution in [0.15, 0.2) is 85.2 Å². The summed E-state index contributed by atoms with van der Waals surface area (Å²) in [6.07, 6.45) is 5.02. The van der Waals surface area contributed by atoms with E-state index in [1.165, 1.54) is 20.8 Å². The summed E-state index contributed by atoms with van der Waals surface area (Å²) in [6, 6.07) is 24.4. The summed E-state index contributed by atoms with van der Waals surface area (Å²) in [4.78, 5) is 27.0. The molecule has 0 aliphatic carbocycles. The number of benzene rings is 2. The van der Waals surface area contributed by atoms with E-state index in [0.29, 0.717) is 0 Å². The number of hydrogen-bond donors (Lipinski definition) is 0. The number of hydrogen-bond acceptors (Lipinski definition) is 5. The number of aromatic nitrogens is 4. The summed E-state index contributed by atoms with van der Waals surface area (Å²) in [5.74, 6) is -0.209. The summed E-state index contributed by atoms with van der Waals surface area (Å²) in [7, 11) is 0. The van der Waals surface area contributed by atoms with Gasteiger partial charge in [-0.25, -0.2) is 0 Å². The van der Waals surface area contributed by atoms with E-state index in [-0.39, 0.29) is 29.8 Å². The lowest BCUT2D eigenvalue weighted by Crippen LogP contribution is -2.34. The second kappa shape index (κ2) is 10.8. The summed E-state index contributed by atoms with van der Waals surface area (Å²) in [6.45, 7) is 8.24. The molecule has 2 aromatic heterocycles. The molecule has 0 fully saturated rings. The molecule has 0 radical (unpaired) electrons. The van der Waals surface area contributed by atoms with Crippen molar-refractivity contribution in [2.24, 2.45) is 0 Å². The molecule has 7 heteroatoms. The molecule has 0 aliphatic rings. The van der Waals surface area contributed by atoms with Crippen LogP contribution in [0.4, 0.5) is 0 Å². The molecule has 0 saturated heterocycles. The predicted molar refractivity (Wildman–Crippen MR) is 139 cm³/mol. The molecule has 0 N–H and O–H groups in total. The Kier molecular flexibility index (Phi) is 7.58. The topological polar surface area (TPSA) is 71.2 Å². The molecule has 0 unspecified atom stereocenters. The number of carbonyl (C=O) groups is 1. The summed E-state index contributed by atoms with van der Waals surface area (Å²) < 4.78 is 0. The molecule has 0 atom stereocenters. The lowest BCUT2D eigenvalue weighted by Gasteiger charge is -2.26. The van der Waals surface area contributed by atoms with Crippen LogP contribution in [0.2, 0.25) is 0 Å². The monoisotopic (exact) mass is 486 g/mol. The molecule has 4 aromatic rings. The predicted octanol–water partition coefficient (Wildman–Crippen LogP) is 4.25. The molecule has 0 saturated carbocycles. The fraction of sp³-hybridized carbons (Fsp3) is 0.345. The Balaban J connectivity index is 1.33. The third-order valence-corrected chi connectivity index (χ3v) is 6.28. The molecular weight excluding hydrogens is 452 g/mol. The van der Waals surface area contributed by atoms with Crippen LogP contribution in [-0.4, -0.2) is 38.9 Å². The Labute approximate surface area is 212 Å². The van der Waals surface area contributed by atoms with Crippen LogP contribution >= 0.6 is 0 Å². The van der Waals surface area contributed by atoms with E-state index in [0.717, 1.165) is 24.2 Å². The van der Waals surface area contributed by atoms with E-state index in [2.05, 4.69) is 62.2 Å². The van der Waals surface area contributed by atoms with Crippen LogP contribution in [0.1, 0.15) is 50.2 Å². The fourth-order valence-electron chi connectivity index (χ4n) is 4.46. The Bertz CT molecular complexity index is 1160. The van der Waals surface area contributed by atoms with Crippen LogP contribution in [0.25, 0.3) is 0 Å². The van der Waals surface area contributed by atoms with Crippen molar-refractivity contribution >= 4 is 5.78 Å². The highest BCUT2D eigenvalue weighted by Crippen LogP contribution is 2.28. The molecular formula is C29H34N4O3. The van der Waals surface area contributed by atoms with Gasteiger partial charge in [0.25, 0.3) is 0 Å². The van der Waals surface area contributed by atoms with Gasteiger partial charge in [-0.1, -0.05) is 88.4 Å². The summed E-state index contributed by atoms with van der Waals surface area (Å²) >= 11 is 0. The van der Waals surface area contributed by atoms with E-state index in [4.69, 9.17) is 9.68 Å². The van der Waals surface area contributed by atoms with Gasteiger partial charge in [0.1, 0.15) is 0 Å². The van der Waals surface area contributed by atoms with Crippen LogP contribution in [0.5, 0.6) is 0 Å². The van der Waals surface area contributed by atoms with Gasteiger partial charge in [0, 0.05) is 10.8 Å². The minimum Gasteiger partial charge on any atom is -0.388 e. The zero-order chi connectivity index (χ0) is 25.6. The van der Waals surface area contributed by atoms with E-state index in [9.17, 15) is 4.79 Å². The Morgan fingerprint density at radius 3 is 1.44 bits per heavy atom. The van der Waals surface area contributed by atoms with E-state index < -0.39 is 0 Å². The third kappa shape index (κ3) is 6.22. The van der Waals surface area contributed by atoms with Crippen molar-refractivity contribution in [1.29, 1.82) is 0 Å². The first kappa shape index (κ1) is 25.2. The smallest absolute Gasteiger partial charge is 0.213 e. The molecule has 0 bridgehead atoms. The average Bonchev–Trinajstić information content (AvgIpc) is 3.53. The van der Waals surface area contributed by atoms with Crippen molar-refractivity contribution in [2.75, 3.05) is 13.2 Å². The van der Waals surface area contributed by atoms with E-state index in [1.807, 2.05) is 48.5 Å². The van der Waals surface area contributed by atoms with Crippen LogP contribution < -0.4 is 9.68 Å². The van der Waals surface area contributed by atoms with Crippen molar-refractivity contribution in [2.45, 2.75) is 51.4 Å². The first-order valence-corrected chi connectivity index (χ1v) is 12.2. The van der Waals surface area contributed by atoms with Crippen LogP contribution in [0.3, 0.4) is 0 Å². The summed E-state index contributed by atoms with van der Waals surface area (Å²) in [5.41, 5.74) is 3.79. The first-order valence-electron chi connectivity index (χ1n) is 12.2. The average molecular weight is 487 g/mol. The van der Waals surface area contributed by atoms with Gasteiger partial charge in [0.2, 0.25) is 5.78 Å². The molecule has 7 nitrogen and oxygen atoms in total. The van der Waals surface area contributed by atoms with Gasteiger partial charge < -0.3 is 9.68 Å². The van der Waals surface area contributed by atoms with Crippen LogP contribution in [0, 0.1) is 0 Å². The zero-order valence-corrected chi connectivity index (χ0v) is 21.4.